The molecule has 0 radical (unpaired) electrons. The first-order valence-corrected chi connectivity index (χ1v) is 12.1. The Hall–Kier alpha value is -1.97. The van der Waals surface area contributed by atoms with Crippen molar-refractivity contribution in [2.75, 3.05) is 11.5 Å². The summed E-state index contributed by atoms with van der Waals surface area (Å²) in [7, 11) is 0. The van der Waals surface area contributed by atoms with Crippen molar-refractivity contribution in [1.29, 1.82) is 0 Å². The molecule has 1 aromatic rings. The first kappa shape index (κ1) is 20.3. The summed E-state index contributed by atoms with van der Waals surface area (Å²) in [5.74, 6) is -0.931. The Morgan fingerprint density at radius 3 is 2.90 bits per heavy atom. The Labute approximate surface area is 181 Å². The molecule has 4 rings (SSSR count). The molecule has 1 aliphatic carbocycles. The molecule has 2 unspecified atom stereocenters. The predicted octanol–water partition coefficient (Wildman–Crippen LogP) is 1.66. The highest BCUT2D eigenvalue weighted by atomic mass is 32.2. The molecule has 3 aliphatic rings. The summed E-state index contributed by atoms with van der Waals surface area (Å²) in [4.78, 5) is 40.1. The molecule has 29 heavy (non-hydrogen) atoms. The zero-order chi connectivity index (χ0) is 20.4. The smallest absolute Gasteiger partial charge is 0.253 e. The van der Waals surface area contributed by atoms with Gasteiger partial charge in [0.25, 0.3) is 5.91 Å². The molecule has 0 saturated carbocycles. The molecule has 1 saturated heterocycles. The maximum atomic E-state index is 12.6. The lowest BCUT2D eigenvalue weighted by Crippen LogP contribution is -2.71. The molecule has 2 amide bonds. The minimum Gasteiger partial charge on any atom is -0.543 e. The van der Waals surface area contributed by atoms with E-state index in [0.29, 0.717) is 17.1 Å². The first-order valence-electron chi connectivity index (χ1n) is 9.21. The maximum absolute atomic E-state index is 12.6. The summed E-state index contributed by atoms with van der Waals surface area (Å²) in [5, 5.41) is 16.1. The van der Waals surface area contributed by atoms with Gasteiger partial charge >= 0.3 is 0 Å². The third-order valence-corrected chi connectivity index (χ3v) is 8.28. The van der Waals surface area contributed by atoms with E-state index in [0.717, 1.165) is 17.7 Å². The fraction of sp³-hybridized carbons (Fsp3) is 0.350. The molecule has 2 atom stereocenters. The Kier molecular flexibility index (Phi) is 6.17. The lowest BCUT2D eigenvalue weighted by atomic mass is 10.0. The fourth-order valence-corrected chi connectivity index (χ4v) is 6.66. The van der Waals surface area contributed by atoms with Crippen LogP contribution >= 0.6 is 34.9 Å². The maximum Gasteiger partial charge on any atom is 0.253 e. The number of β-lactam (4-membered cyclic amide) rings is 1. The predicted molar refractivity (Wildman–Crippen MR) is 114 cm³/mol. The van der Waals surface area contributed by atoms with E-state index in [1.807, 2.05) is 17.5 Å². The van der Waals surface area contributed by atoms with Gasteiger partial charge in [0.2, 0.25) is 5.91 Å². The number of nitrogens with one attached hydrogen (secondary N) is 1. The van der Waals surface area contributed by atoms with Crippen LogP contribution in [-0.4, -0.2) is 45.6 Å². The third-order valence-electron chi connectivity index (χ3n) is 4.87. The molecule has 1 fully saturated rings. The van der Waals surface area contributed by atoms with Crippen LogP contribution in [0, 0.1) is 0 Å². The minimum atomic E-state index is -1.33. The topological polar surface area (TPSA) is 89.5 Å². The quantitative estimate of drug-likeness (QED) is 0.505. The lowest BCUT2D eigenvalue weighted by molar-refractivity contribution is -0.301. The molecular weight excluding hydrogens is 428 g/mol. The minimum absolute atomic E-state index is 0.0260. The van der Waals surface area contributed by atoms with Crippen molar-refractivity contribution < 1.29 is 19.5 Å². The van der Waals surface area contributed by atoms with E-state index in [2.05, 4.69) is 23.5 Å². The number of carboxylic acids is 1. The molecule has 0 aromatic carbocycles. The van der Waals surface area contributed by atoms with Gasteiger partial charge < -0.3 is 15.2 Å². The number of hydrogen-bond acceptors (Lipinski definition) is 7. The number of thioether (sulfide) groups is 2. The van der Waals surface area contributed by atoms with Crippen molar-refractivity contribution in [3.05, 3.63) is 56.8 Å². The molecule has 1 aromatic heterocycles. The van der Waals surface area contributed by atoms with E-state index in [1.54, 1.807) is 11.8 Å². The highest BCUT2D eigenvalue weighted by Crippen LogP contribution is 2.41. The summed E-state index contributed by atoms with van der Waals surface area (Å²) in [6.45, 7) is 0. The van der Waals surface area contributed by atoms with Gasteiger partial charge in [-0.15, -0.1) is 34.9 Å². The molecule has 2 aliphatic heterocycles. The van der Waals surface area contributed by atoms with Crippen LogP contribution in [0.4, 0.5) is 0 Å². The average Bonchev–Trinajstić information content (AvgIpc) is 3.23. The summed E-state index contributed by atoms with van der Waals surface area (Å²) < 4.78 is 0. The zero-order valence-corrected chi connectivity index (χ0v) is 17.9. The number of carboxylic acid groups (broad SMARTS) is 1. The standard InChI is InChI=1S/C20H20N2O4S3/c23-15(9-14-7-4-8-27-14)21-16-18(24)22-17(20(25)26)12(11-29-19(16)22)10-28-13-5-2-1-3-6-13/h1-2,4,6-8,16,19H,3,5,9-11H2,(H,21,23)(H,25,26)/p-1. The highest BCUT2D eigenvalue weighted by molar-refractivity contribution is 8.03. The van der Waals surface area contributed by atoms with Crippen LogP contribution in [0.1, 0.15) is 17.7 Å². The van der Waals surface area contributed by atoms with E-state index in [1.165, 1.54) is 32.9 Å². The van der Waals surface area contributed by atoms with Crippen molar-refractivity contribution >= 4 is 52.6 Å². The lowest BCUT2D eigenvalue weighted by Gasteiger charge is -2.50. The van der Waals surface area contributed by atoms with Crippen LogP contribution < -0.4 is 10.4 Å². The number of thiophene rings is 1. The second kappa shape index (κ2) is 8.81. The molecule has 1 N–H and O–H groups in total. The summed E-state index contributed by atoms with van der Waals surface area (Å²) in [6.07, 6.45) is 8.30. The number of hydrogen-bond donors (Lipinski definition) is 1. The van der Waals surface area contributed by atoms with E-state index in [-0.39, 0.29) is 23.9 Å². The monoisotopic (exact) mass is 447 g/mol. The number of amides is 2. The number of carbonyl (C=O) groups is 3. The molecular formula is C20H19N2O4S3-. The zero-order valence-electron chi connectivity index (χ0n) is 15.5. The van der Waals surface area contributed by atoms with Gasteiger partial charge in [-0.1, -0.05) is 24.3 Å². The van der Waals surface area contributed by atoms with Gasteiger partial charge in [-0.25, -0.2) is 0 Å². The summed E-state index contributed by atoms with van der Waals surface area (Å²) in [6, 6.07) is 3.05. The van der Waals surface area contributed by atoms with Crippen molar-refractivity contribution in [2.45, 2.75) is 30.7 Å². The van der Waals surface area contributed by atoms with Gasteiger partial charge in [0, 0.05) is 16.4 Å². The van der Waals surface area contributed by atoms with Crippen molar-refractivity contribution in [3.8, 4) is 0 Å². The molecule has 3 heterocycles. The normalized spacial score (nSPS) is 23.4. The molecule has 0 spiro atoms. The molecule has 6 nitrogen and oxygen atoms in total. The number of allylic oxidation sites excluding steroid dienone is 4. The van der Waals surface area contributed by atoms with Gasteiger partial charge in [-0.05, 0) is 34.8 Å². The summed E-state index contributed by atoms with van der Waals surface area (Å²) in [5.41, 5.74) is 0.672. The van der Waals surface area contributed by atoms with Crippen molar-refractivity contribution in [3.63, 3.8) is 0 Å². The number of nitrogens with zero attached hydrogens (tertiary/aromatic N) is 1. The van der Waals surface area contributed by atoms with Crippen LogP contribution in [0.2, 0.25) is 0 Å². The van der Waals surface area contributed by atoms with Crippen molar-refractivity contribution in [1.82, 2.24) is 10.2 Å². The largest absolute Gasteiger partial charge is 0.543 e. The third kappa shape index (κ3) is 4.31. The van der Waals surface area contributed by atoms with Gasteiger partial charge in [-0.2, -0.15) is 0 Å². The molecule has 9 heteroatoms. The van der Waals surface area contributed by atoms with E-state index < -0.39 is 17.4 Å². The Bertz CT molecular complexity index is 920. The van der Waals surface area contributed by atoms with E-state index in [9.17, 15) is 19.5 Å². The van der Waals surface area contributed by atoms with Gasteiger partial charge in [-0.3, -0.25) is 14.5 Å². The second-order valence-corrected chi connectivity index (χ2v) is 10.1. The van der Waals surface area contributed by atoms with Crippen LogP contribution in [0.15, 0.2) is 51.9 Å². The Balaban J connectivity index is 1.42. The number of fused-ring (bicyclic) bond motifs is 1. The van der Waals surface area contributed by atoms with Gasteiger partial charge in [0.05, 0.1) is 18.1 Å². The first-order chi connectivity index (χ1) is 14.0. The SMILES string of the molecule is O=C(Cc1cccs1)NC1C(=O)N2C(C(=O)[O-])=C(CSC3=CCC=CC3)CSC12. The van der Waals surface area contributed by atoms with Crippen LogP contribution in [-0.2, 0) is 20.8 Å². The van der Waals surface area contributed by atoms with Crippen LogP contribution in [0.3, 0.4) is 0 Å². The highest BCUT2D eigenvalue weighted by Gasteiger charge is 2.52. The number of aliphatic carboxylic acids is 1. The average molecular weight is 448 g/mol. The van der Waals surface area contributed by atoms with Crippen molar-refractivity contribution in [2.24, 2.45) is 0 Å². The van der Waals surface area contributed by atoms with E-state index in [4.69, 9.17) is 0 Å². The van der Waals surface area contributed by atoms with Crippen LogP contribution in [0.5, 0.6) is 0 Å². The van der Waals surface area contributed by atoms with Crippen LogP contribution in [0.25, 0.3) is 0 Å². The van der Waals surface area contributed by atoms with Gasteiger partial charge in [0.15, 0.2) is 0 Å². The van der Waals surface area contributed by atoms with E-state index >= 15 is 0 Å². The second-order valence-electron chi connectivity index (χ2n) is 6.82. The summed E-state index contributed by atoms with van der Waals surface area (Å²) >= 11 is 4.58. The number of rotatable bonds is 7. The Morgan fingerprint density at radius 1 is 1.34 bits per heavy atom. The Morgan fingerprint density at radius 2 is 2.21 bits per heavy atom. The molecule has 152 valence electrons. The molecule has 0 bridgehead atoms. The number of carbonyl (C=O) groups excluding carboxylic acids is 3. The fourth-order valence-electron chi connectivity index (χ4n) is 3.45. The van der Waals surface area contributed by atoms with Gasteiger partial charge in [0.1, 0.15) is 11.4 Å².